The normalized spacial score (nSPS) is 10.1. The predicted molar refractivity (Wildman–Crippen MR) is 62.2 cm³/mol. The minimum Gasteiger partial charge on any atom is -0.481 e. The van der Waals surface area contributed by atoms with Gasteiger partial charge in [0.1, 0.15) is 0 Å². The van der Waals surface area contributed by atoms with Gasteiger partial charge >= 0.3 is 5.97 Å². The van der Waals surface area contributed by atoms with Gasteiger partial charge in [-0.1, -0.05) is 12.1 Å². The molecule has 1 aromatic rings. The molecule has 0 amide bonds. The van der Waals surface area contributed by atoms with Crippen molar-refractivity contribution in [2.75, 3.05) is 5.88 Å². The van der Waals surface area contributed by atoms with E-state index < -0.39 is 5.97 Å². The van der Waals surface area contributed by atoms with Crippen molar-refractivity contribution in [3.8, 4) is 0 Å². The number of alkyl halides is 1. The molecule has 0 saturated carbocycles. The van der Waals surface area contributed by atoms with Crippen LogP contribution in [0.3, 0.4) is 0 Å². The van der Waals surface area contributed by atoms with Crippen LogP contribution in [0.15, 0.2) is 18.2 Å². The lowest BCUT2D eigenvalue weighted by atomic mass is 10.00. The molecule has 1 rings (SSSR count). The number of halogens is 1. The zero-order chi connectivity index (χ0) is 12.1. The Morgan fingerprint density at radius 2 is 2.06 bits per heavy atom. The van der Waals surface area contributed by atoms with Gasteiger partial charge < -0.3 is 5.11 Å². The standard InChI is InChI=1S/C12H13ClO3/c1-8-6-10(11(14)4-5-13)3-2-9(8)7-12(15)16/h2-3,6H,4-5,7H2,1H3,(H,15,16). The van der Waals surface area contributed by atoms with Crippen LogP contribution < -0.4 is 0 Å². The summed E-state index contributed by atoms with van der Waals surface area (Å²) >= 11 is 5.49. The van der Waals surface area contributed by atoms with Gasteiger partial charge in [0.25, 0.3) is 0 Å². The molecule has 0 aliphatic carbocycles. The molecule has 0 spiro atoms. The predicted octanol–water partition coefficient (Wildman–Crippen LogP) is 2.43. The van der Waals surface area contributed by atoms with E-state index in [-0.39, 0.29) is 12.2 Å². The number of rotatable bonds is 5. The van der Waals surface area contributed by atoms with Gasteiger partial charge in [0.05, 0.1) is 6.42 Å². The first-order valence-electron chi connectivity index (χ1n) is 4.95. The van der Waals surface area contributed by atoms with Crippen molar-refractivity contribution in [2.24, 2.45) is 0 Å². The molecule has 1 N–H and O–H groups in total. The third-order valence-corrected chi connectivity index (χ3v) is 2.52. The largest absolute Gasteiger partial charge is 0.481 e. The maximum absolute atomic E-state index is 11.5. The average molecular weight is 241 g/mol. The van der Waals surface area contributed by atoms with Crippen LogP contribution >= 0.6 is 11.6 Å². The van der Waals surface area contributed by atoms with E-state index in [2.05, 4.69) is 0 Å². The highest BCUT2D eigenvalue weighted by molar-refractivity contribution is 6.19. The van der Waals surface area contributed by atoms with Gasteiger partial charge in [-0.3, -0.25) is 9.59 Å². The quantitative estimate of drug-likeness (QED) is 0.635. The molecule has 86 valence electrons. The number of carboxylic acid groups (broad SMARTS) is 1. The third-order valence-electron chi connectivity index (χ3n) is 2.33. The molecular formula is C12H13ClO3. The number of ketones is 1. The number of aryl methyl sites for hydroxylation is 1. The van der Waals surface area contributed by atoms with Crippen molar-refractivity contribution in [2.45, 2.75) is 19.8 Å². The molecule has 0 aliphatic rings. The Morgan fingerprint density at radius 1 is 1.38 bits per heavy atom. The van der Waals surface area contributed by atoms with Gasteiger partial charge in [-0.05, 0) is 24.1 Å². The summed E-state index contributed by atoms with van der Waals surface area (Å²) in [5.74, 6) is -0.586. The van der Waals surface area contributed by atoms with E-state index in [1.807, 2.05) is 0 Å². The SMILES string of the molecule is Cc1cc(C(=O)CCCl)ccc1CC(=O)O. The van der Waals surface area contributed by atoms with Crippen LogP contribution in [0.5, 0.6) is 0 Å². The summed E-state index contributed by atoms with van der Waals surface area (Å²) in [5.41, 5.74) is 2.14. The number of aliphatic carboxylic acids is 1. The van der Waals surface area contributed by atoms with E-state index in [1.165, 1.54) is 0 Å². The molecule has 0 aromatic heterocycles. The molecular weight excluding hydrogens is 228 g/mol. The van der Waals surface area contributed by atoms with E-state index >= 15 is 0 Å². The lowest BCUT2D eigenvalue weighted by molar-refractivity contribution is -0.136. The Labute approximate surface area is 99.0 Å². The van der Waals surface area contributed by atoms with Crippen molar-refractivity contribution in [3.05, 3.63) is 34.9 Å². The molecule has 0 radical (unpaired) electrons. The van der Waals surface area contributed by atoms with Crippen molar-refractivity contribution in [1.82, 2.24) is 0 Å². The van der Waals surface area contributed by atoms with Crippen LogP contribution in [0.25, 0.3) is 0 Å². The van der Waals surface area contributed by atoms with Gasteiger partial charge in [-0.15, -0.1) is 11.6 Å². The molecule has 0 heterocycles. The van der Waals surface area contributed by atoms with Crippen molar-refractivity contribution in [1.29, 1.82) is 0 Å². The van der Waals surface area contributed by atoms with Crippen LogP contribution in [-0.4, -0.2) is 22.7 Å². The third kappa shape index (κ3) is 3.35. The zero-order valence-corrected chi connectivity index (χ0v) is 9.75. The molecule has 4 heteroatoms. The first kappa shape index (κ1) is 12.7. The summed E-state index contributed by atoms with van der Waals surface area (Å²) in [5, 5.41) is 8.67. The van der Waals surface area contributed by atoms with Crippen LogP contribution in [0, 0.1) is 6.92 Å². The number of carbonyl (C=O) groups is 2. The van der Waals surface area contributed by atoms with E-state index in [1.54, 1.807) is 25.1 Å². The fraction of sp³-hybridized carbons (Fsp3) is 0.333. The molecule has 0 saturated heterocycles. The van der Waals surface area contributed by atoms with Gasteiger partial charge in [0.2, 0.25) is 0 Å². The fourth-order valence-electron chi connectivity index (χ4n) is 1.46. The number of hydrogen-bond acceptors (Lipinski definition) is 2. The van der Waals surface area contributed by atoms with Crippen molar-refractivity contribution >= 4 is 23.4 Å². The molecule has 0 unspecified atom stereocenters. The summed E-state index contributed by atoms with van der Waals surface area (Å²) in [4.78, 5) is 22.1. The minimum atomic E-state index is -0.872. The molecule has 1 aromatic carbocycles. The maximum Gasteiger partial charge on any atom is 0.307 e. The zero-order valence-electron chi connectivity index (χ0n) is 9.00. The van der Waals surface area contributed by atoms with Gasteiger partial charge in [0.15, 0.2) is 5.78 Å². The molecule has 16 heavy (non-hydrogen) atoms. The van der Waals surface area contributed by atoms with E-state index in [0.29, 0.717) is 17.9 Å². The Bertz CT molecular complexity index is 413. The summed E-state index contributed by atoms with van der Waals surface area (Å²) in [7, 11) is 0. The number of hydrogen-bond donors (Lipinski definition) is 1. The van der Waals surface area contributed by atoms with Gasteiger partial charge in [-0.2, -0.15) is 0 Å². The fourth-order valence-corrected chi connectivity index (χ4v) is 1.63. The van der Waals surface area contributed by atoms with Crippen LogP contribution in [0.1, 0.15) is 27.9 Å². The maximum atomic E-state index is 11.5. The topological polar surface area (TPSA) is 54.4 Å². The number of Topliss-reactive ketones (excluding diaryl/α,β-unsaturated/α-hetero) is 1. The number of carboxylic acids is 1. The summed E-state index contributed by atoms with van der Waals surface area (Å²) in [6.07, 6.45) is 0.287. The molecule has 0 bridgehead atoms. The van der Waals surface area contributed by atoms with Gasteiger partial charge in [0, 0.05) is 17.9 Å². The average Bonchev–Trinajstić information content (AvgIpc) is 2.20. The van der Waals surface area contributed by atoms with Crippen molar-refractivity contribution in [3.63, 3.8) is 0 Å². The highest BCUT2D eigenvalue weighted by atomic mass is 35.5. The summed E-state index contributed by atoms with van der Waals surface area (Å²) < 4.78 is 0. The highest BCUT2D eigenvalue weighted by Crippen LogP contribution is 2.13. The second kappa shape index (κ2) is 5.66. The van der Waals surface area contributed by atoms with Crippen LogP contribution in [0.4, 0.5) is 0 Å². The molecule has 0 fully saturated rings. The molecule has 0 atom stereocenters. The first-order chi connectivity index (χ1) is 7.54. The lowest BCUT2D eigenvalue weighted by Gasteiger charge is -2.05. The van der Waals surface area contributed by atoms with E-state index in [4.69, 9.17) is 16.7 Å². The van der Waals surface area contributed by atoms with E-state index in [9.17, 15) is 9.59 Å². The first-order valence-corrected chi connectivity index (χ1v) is 5.48. The summed E-state index contributed by atoms with van der Waals surface area (Å²) in [6.45, 7) is 1.80. The second-order valence-electron chi connectivity index (χ2n) is 3.57. The Kier molecular flexibility index (Phi) is 4.50. The number of benzene rings is 1. The molecule has 0 aliphatic heterocycles. The van der Waals surface area contributed by atoms with Crippen LogP contribution in [0.2, 0.25) is 0 Å². The smallest absolute Gasteiger partial charge is 0.307 e. The highest BCUT2D eigenvalue weighted by Gasteiger charge is 2.09. The lowest BCUT2D eigenvalue weighted by Crippen LogP contribution is -2.05. The Morgan fingerprint density at radius 3 is 2.56 bits per heavy atom. The molecule has 3 nitrogen and oxygen atoms in total. The second-order valence-corrected chi connectivity index (χ2v) is 3.95. The van der Waals surface area contributed by atoms with E-state index in [0.717, 1.165) is 11.1 Å². The Balaban J connectivity index is 2.90. The van der Waals surface area contributed by atoms with Crippen LogP contribution in [-0.2, 0) is 11.2 Å². The summed E-state index contributed by atoms with van der Waals surface area (Å²) in [6, 6.07) is 5.05. The minimum absolute atomic E-state index is 0.0139. The Hall–Kier alpha value is -1.35. The van der Waals surface area contributed by atoms with Crippen molar-refractivity contribution < 1.29 is 14.7 Å². The number of carbonyl (C=O) groups excluding carboxylic acids is 1. The monoisotopic (exact) mass is 240 g/mol. The van der Waals surface area contributed by atoms with Gasteiger partial charge in [-0.25, -0.2) is 0 Å².